The minimum absolute atomic E-state index is 0.114. The van der Waals surface area contributed by atoms with E-state index in [-0.39, 0.29) is 12.1 Å². The van der Waals surface area contributed by atoms with Crippen LogP contribution < -0.4 is 10.3 Å². The molecule has 0 fully saturated rings. The van der Waals surface area contributed by atoms with Crippen molar-refractivity contribution in [3.8, 4) is 11.1 Å². The van der Waals surface area contributed by atoms with Gasteiger partial charge in [-0.2, -0.15) is 5.10 Å². The number of nitrogens with one attached hydrogen (secondary N) is 1. The number of halogens is 1. The Morgan fingerprint density at radius 1 is 0.964 bits per heavy atom. The molecule has 0 aromatic heterocycles. The Balaban J connectivity index is 0.000000531. The maximum atomic E-state index is 16.2. The molecule has 28 heavy (non-hydrogen) atoms. The summed E-state index contributed by atoms with van der Waals surface area (Å²) in [5.41, 5.74) is 7.10. The zero-order valence-corrected chi connectivity index (χ0v) is 17.9. The Morgan fingerprint density at radius 2 is 1.61 bits per heavy atom. The van der Waals surface area contributed by atoms with Gasteiger partial charge in [0.1, 0.15) is 11.8 Å². The fraction of sp³-hybridized carbons (Fsp3) is 0.458. The average Bonchev–Trinajstić information content (AvgIpc) is 3.22. The van der Waals surface area contributed by atoms with E-state index in [0.717, 1.165) is 40.2 Å². The van der Waals surface area contributed by atoms with Crippen LogP contribution in [0.15, 0.2) is 47.6 Å². The number of alkyl halides is 1. The maximum Gasteiger partial charge on any atom is 0.162 e. The van der Waals surface area contributed by atoms with E-state index in [9.17, 15) is 0 Å². The number of fused-ring (bicyclic) bond motifs is 3. The standard InChI is InChI=1S/C20H20FN3.2C2H6/c1-3-15-19-23-22-18-14-9-6-5-8-12(14)13-10-7-11-16(17(13)24(18)19)20(15,21)4-2;2*1-2/h5-11,15,19,23H,3-4H2,1-2H3;2*1-2H3. The van der Waals surface area contributed by atoms with Crippen molar-refractivity contribution in [3.05, 3.63) is 53.6 Å². The summed E-state index contributed by atoms with van der Waals surface area (Å²) in [5.74, 6) is 0.795. The van der Waals surface area contributed by atoms with Gasteiger partial charge in [0.15, 0.2) is 5.84 Å². The molecule has 3 nitrogen and oxygen atoms in total. The van der Waals surface area contributed by atoms with E-state index in [1.165, 1.54) is 0 Å². The number of nitrogens with zero attached hydrogens (tertiary/aromatic N) is 2. The molecule has 5 rings (SSSR count). The summed E-state index contributed by atoms with van der Waals surface area (Å²) in [4.78, 5) is 2.23. The smallest absolute Gasteiger partial charge is 0.162 e. The van der Waals surface area contributed by atoms with Gasteiger partial charge in [0.05, 0.1) is 5.69 Å². The molecule has 2 aromatic rings. The van der Waals surface area contributed by atoms with Crippen LogP contribution in [-0.2, 0) is 5.67 Å². The first-order valence-corrected chi connectivity index (χ1v) is 10.7. The molecule has 3 unspecified atom stereocenters. The third kappa shape index (κ3) is 2.57. The molecule has 3 heterocycles. The third-order valence-electron chi connectivity index (χ3n) is 5.92. The molecule has 150 valence electrons. The number of para-hydroxylation sites is 1. The number of amidine groups is 1. The predicted octanol–water partition coefficient (Wildman–Crippen LogP) is 6.43. The highest BCUT2D eigenvalue weighted by molar-refractivity contribution is 6.20. The van der Waals surface area contributed by atoms with E-state index in [1.807, 2.05) is 58.9 Å². The predicted molar refractivity (Wildman–Crippen MR) is 117 cm³/mol. The van der Waals surface area contributed by atoms with Crippen LogP contribution in [0.1, 0.15) is 65.5 Å². The van der Waals surface area contributed by atoms with Crippen molar-refractivity contribution in [3.63, 3.8) is 0 Å². The largest absolute Gasteiger partial charge is 0.301 e. The Morgan fingerprint density at radius 3 is 2.25 bits per heavy atom. The number of hydrogen-bond donors (Lipinski definition) is 1. The summed E-state index contributed by atoms with van der Waals surface area (Å²) in [6.45, 7) is 12.0. The lowest BCUT2D eigenvalue weighted by Crippen LogP contribution is -2.57. The van der Waals surface area contributed by atoms with E-state index in [2.05, 4.69) is 40.5 Å². The maximum absolute atomic E-state index is 16.2. The first-order valence-electron chi connectivity index (χ1n) is 10.7. The molecule has 0 aliphatic carbocycles. The monoisotopic (exact) mass is 381 g/mol. The van der Waals surface area contributed by atoms with Crippen LogP contribution in [0.2, 0.25) is 0 Å². The van der Waals surface area contributed by atoms with Crippen molar-refractivity contribution in [1.29, 1.82) is 0 Å². The first-order chi connectivity index (χ1) is 13.7. The molecular formula is C24H32FN3. The Kier molecular flexibility index (Phi) is 5.78. The molecule has 0 saturated carbocycles. The van der Waals surface area contributed by atoms with Gasteiger partial charge in [0.2, 0.25) is 0 Å². The van der Waals surface area contributed by atoms with Crippen LogP contribution in [0.3, 0.4) is 0 Å². The van der Waals surface area contributed by atoms with E-state index in [1.54, 1.807) is 0 Å². The van der Waals surface area contributed by atoms with Crippen molar-refractivity contribution >= 4 is 11.5 Å². The molecule has 0 spiro atoms. The SMILES string of the molecule is CC.CC.CCC1C2NN=C3c4ccccc4-c4cccc(c4N32)C1(F)CC. The Labute approximate surface area is 168 Å². The van der Waals surface area contributed by atoms with Gasteiger partial charge in [-0.05, 0) is 18.4 Å². The fourth-order valence-electron chi connectivity index (χ4n) is 4.79. The highest BCUT2D eigenvalue weighted by Gasteiger charge is 2.55. The van der Waals surface area contributed by atoms with Gasteiger partial charge in [-0.1, -0.05) is 84.0 Å². The quantitative estimate of drug-likeness (QED) is 0.649. The highest BCUT2D eigenvalue weighted by Crippen LogP contribution is 2.56. The van der Waals surface area contributed by atoms with E-state index >= 15 is 4.39 Å². The van der Waals surface area contributed by atoms with Gasteiger partial charge in [-0.15, -0.1) is 0 Å². The topological polar surface area (TPSA) is 27.6 Å². The second-order valence-corrected chi connectivity index (χ2v) is 6.86. The lowest BCUT2D eigenvalue weighted by molar-refractivity contribution is 0.0414. The molecule has 0 bridgehead atoms. The zero-order valence-electron chi connectivity index (χ0n) is 17.9. The second kappa shape index (κ2) is 7.94. The van der Waals surface area contributed by atoms with Gasteiger partial charge in [-0.25, -0.2) is 4.39 Å². The summed E-state index contributed by atoms with van der Waals surface area (Å²) in [7, 11) is 0. The van der Waals surface area contributed by atoms with Crippen molar-refractivity contribution in [2.24, 2.45) is 11.0 Å². The van der Waals surface area contributed by atoms with Crippen LogP contribution in [0.25, 0.3) is 11.1 Å². The third-order valence-corrected chi connectivity index (χ3v) is 5.92. The molecular weight excluding hydrogens is 349 g/mol. The molecule has 0 amide bonds. The van der Waals surface area contributed by atoms with Crippen LogP contribution in [0, 0.1) is 5.92 Å². The summed E-state index contributed by atoms with van der Waals surface area (Å²) in [6, 6.07) is 14.3. The average molecular weight is 382 g/mol. The van der Waals surface area contributed by atoms with Crippen molar-refractivity contribution in [2.45, 2.75) is 66.2 Å². The number of hydrogen-bond acceptors (Lipinski definition) is 3. The van der Waals surface area contributed by atoms with Crippen molar-refractivity contribution < 1.29 is 4.39 Å². The molecule has 0 radical (unpaired) electrons. The number of hydrazone groups is 1. The van der Waals surface area contributed by atoms with Crippen molar-refractivity contribution in [2.75, 3.05) is 4.90 Å². The lowest BCUT2D eigenvalue weighted by atomic mass is 9.71. The van der Waals surface area contributed by atoms with Crippen LogP contribution in [0.4, 0.5) is 10.1 Å². The van der Waals surface area contributed by atoms with Gasteiger partial charge >= 0.3 is 0 Å². The molecule has 3 aliphatic rings. The molecule has 3 aliphatic heterocycles. The number of rotatable bonds is 2. The molecule has 2 aromatic carbocycles. The summed E-state index contributed by atoms with van der Waals surface area (Å²) < 4.78 is 16.2. The number of benzene rings is 2. The lowest BCUT2D eigenvalue weighted by Gasteiger charge is -2.49. The van der Waals surface area contributed by atoms with Crippen molar-refractivity contribution in [1.82, 2.24) is 5.43 Å². The van der Waals surface area contributed by atoms with Gasteiger partial charge in [-0.3, -0.25) is 5.43 Å². The molecule has 4 heteroatoms. The number of anilines is 1. The molecule has 1 N–H and O–H groups in total. The second-order valence-electron chi connectivity index (χ2n) is 6.86. The van der Waals surface area contributed by atoms with Gasteiger partial charge < -0.3 is 4.90 Å². The van der Waals surface area contributed by atoms with Crippen LogP contribution in [0.5, 0.6) is 0 Å². The normalized spacial score (nSPS) is 25.1. The highest BCUT2D eigenvalue weighted by atomic mass is 19.1. The minimum atomic E-state index is -1.33. The minimum Gasteiger partial charge on any atom is -0.301 e. The zero-order chi connectivity index (χ0) is 20.5. The summed E-state index contributed by atoms with van der Waals surface area (Å²) in [6.07, 6.45) is 1.13. The summed E-state index contributed by atoms with van der Waals surface area (Å²) >= 11 is 0. The fourth-order valence-corrected chi connectivity index (χ4v) is 4.79. The van der Waals surface area contributed by atoms with E-state index in [4.69, 9.17) is 0 Å². The Hall–Kier alpha value is -2.36. The van der Waals surface area contributed by atoms with Crippen LogP contribution in [-0.4, -0.2) is 12.0 Å². The van der Waals surface area contributed by atoms with Crippen LogP contribution >= 0.6 is 0 Å². The van der Waals surface area contributed by atoms with Gasteiger partial charge in [0, 0.05) is 22.6 Å². The Bertz CT molecular complexity index is 876. The van der Waals surface area contributed by atoms with E-state index < -0.39 is 5.67 Å². The first kappa shape index (κ1) is 20.4. The molecule has 0 saturated heterocycles. The van der Waals surface area contributed by atoms with E-state index in [0.29, 0.717) is 6.42 Å². The molecule has 3 atom stereocenters. The summed E-state index contributed by atoms with van der Waals surface area (Å²) in [5, 5.41) is 4.61. The van der Waals surface area contributed by atoms with Gasteiger partial charge in [0.25, 0.3) is 0 Å².